The highest BCUT2D eigenvalue weighted by Crippen LogP contribution is 2.48. The van der Waals surface area contributed by atoms with Crippen molar-refractivity contribution in [2.75, 3.05) is 80.9 Å². The van der Waals surface area contributed by atoms with E-state index in [1.807, 2.05) is 111 Å². The van der Waals surface area contributed by atoms with E-state index in [9.17, 15) is 33.6 Å². The van der Waals surface area contributed by atoms with Gasteiger partial charge in [0.25, 0.3) is 22.9 Å². The molecule has 6 aliphatic rings. The Kier molecular flexibility index (Phi) is 20.1. The first-order valence-electron chi connectivity index (χ1n) is 34.0. The highest BCUT2D eigenvalue weighted by atomic mass is 16.6. The number of aromatic nitrogens is 2. The number of ketones is 1. The molecule has 5 N–H and O–H groups in total. The second kappa shape index (κ2) is 28.1. The van der Waals surface area contributed by atoms with Crippen molar-refractivity contribution in [1.82, 2.24) is 25.5 Å². The molecule has 4 saturated heterocycles. The van der Waals surface area contributed by atoms with Gasteiger partial charge in [-0.25, -0.2) is 4.79 Å². The van der Waals surface area contributed by atoms with E-state index in [2.05, 4.69) is 73.8 Å². The van der Waals surface area contributed by atoms with Crippen molar-refractivity contribution >= 4 is 46.7 Å². The fraction of sp³-hybridized carbons (Fsp3) is 0.487. The third-order valence-electron chi connectivity index (χ3n) is 20.6. The number of nitrogens with zero attached hydrogens (tertiary/aromatic N) is 3. The second-order valence-corrected chi connectivity index (χ2v) is 27.9. The van der Waals surface area contributed by atoms with Crippen LogP contribution in [0, 0.1) is 47.0 Å². The maximum Gasteiger partial charge on any atom is 0.410 e. The fourth-order valence-electron chi connectivity index (χ4n) is 15.3. The van der Waals surface area contributed by atoms with E-state index in [4.69, 9.17) is 18.9 Å². The SMILES string of the molecule is CCN(c1cc(-c2ccc3c(c2)C(=O)C2(CCOCC2)C3)cc(C(=O)NCc2c(C)cc(C)[nH]c2=O)c1C)C1CCOCC1.CCN(c1cc(-c2ccc3c(c2)NC(=O)C32CCN(C(=O)OC(C)(C)C)CC2)cc(C(=O)NCc2c(C)cc(C)[nH]c2=O)c1C)C1CCOCC1. The van der Waals surface area contributed by atoms with E-state index in [1.165, 1.54) is 0 Å². The normalized spacial score (nSPS) is 17.6. The van der Waals surface area contributed by atoms with Crippen LogP contribution in [0.4, 0.5) is 21.9 Å². The Bertz CT molecular complexity index is 4060. The minimum absolute atomic E-state index is 0.0544. The summed E-state index contributed by atoms with van der Waals surface area (Å²) in [7, 11) is 0. The second-order valence-electron chi connectivity index (χ2n) is 27.9. The predicted molar refractivity (Wildman–Crippen MR) is 370 cm³/mol. The molecule has 19 heteroatoms. The van der Waals surface area contributed by atoms with Gasteiger partial charge in [-0.3, -0.25) is 28.8 Å². The number of nitrogens with one attached hydrogen (secondary N) is 5. The highest BCUT2D eigenvalue weighted by Gasteiger charge is 2.50. The number of Topliss-reactive ketones (excluding diaryl/α,β-unsaturated/α-hetero) is 1. The lowest BCUT2D eigenvalue weighted by atomic mass is 9.73. The van der Waals surface area contributed by atoms with Gasteiger partial charge in [0.15, 0.2) is 5.78 Å². The van der Waals surface area contributed by atoms with Gasteiger partial charge in [-0.15, -0.1) is 0 Å². The van der Waals surface area contributed by atoms with E-state index in [0.717, 1.165) is 161 Å². The molecule has 5 aliphatic heterocycles. The number of anilines is 3. The molecule has 95 heavy (non-hydrogen) atoms. The zero-order chi connectivity index (χ0) is 67.7. The van der Waals surface area contributed by atoms with Gasteiger partial charge in [0.1, 0.15) is 5.60 Å². The Morgan fingerprint density at radius 3 is 1.55 bits per heavy atom. The van der Waals surface area contributed by atoms with Crippen LogP contribution < -0.4 is 36.9 Å². The molecule has 6 aromatic rings. The summed E-state index contributed by atoms with van der Waals surface area (Å²) in [6.07, 6.45) is 6.57. The van der Waals surface area contributed by atoms with E-state index < -0.39 is 11.0 Å². The first-order chi connectivity index (χ1) is 45.4. The van der Waals surface area contributed by atoms with Crippen LogP contribution in [-0.2, 0) is 48.7 Å². The number of hydrogen-bond acceptors (Lipinski definition) is 13. The van der Waals surface area contributed by atoms with Gasteiger partial charge in [-0.05, 0) is 238 Å². The molecule has 0 radical (unpaired) electrons. The van der Waals surface area contributed by atoms with Gasteiger partial charge in [-0.2, -0.15) is 0 Å². The number of rotatable bonds is 14. The number of hydrogen-bond donors (Lipinski definition) is 5. The van der Waals surface area contributed by atoms with E-state index in [-0.39, 0.29) is 65.3 Å². The fourth-order valence-corrected chi connectivity index (χ4v) is 15.3. The lowest BCUT2D eigenvalue weighted by molar-refractivity contribution is -0.122. The van der Waals surface area contributed by atoms with Crippen molar-refractivity contribution in [2.45, 2.75) is 170 Å². The summed E-state index contributed by atoms with van der Waals surface area (Å²) in [6.45, 7) is 28.0. The Morgan fingerprint density at radius 2 is 1.07 bits per heavy atom. The lowest BCUT2D eigenvalue weighted by Gasteiger charge is -2.38. The number of piperidine rings is 1. The number of aryl methyl sites for hydroxylation is 4. The zero-order valence-corrected chi connectivity index (χ0v) is 57.3. The molecule has 12 rings (SSSR count). The zero-order valence-electron chi connectivity index (χ0n) is 57.3. The van der Waals surface area contributed by atoms with Crippen molar-refractivity contribution in [3.05, 3.63) is 166 Å². The number of carbonyl (C=O) groups is 5. The molecule has 4 amide bonds. The van der Waals surface area contributed by atoms with Crippen LogP contribution in [-0.4, -0.2) is 128 Å². The number of aromatic amines is 2. The van der Waals surface area contributed by atoms with Crippen LogP contribution in [0.3, 0.4) is 0 Å². The van der Waals surface area contributed by atoms with Crippen LogP contribution in [0.15, 0.2) is 82.4 Å². The van der Waals surface area contributed by atoms with Crippen molar-refractivity contribution in [3.8, 4) is 22.3 Å². The minimum atomic E-state index is -0.718. The van der Waals surface area contributed by atoms with Crippen LogP contribution in [0.5, 0.6) is 0 Å². The first-order valence-corrected chi connectivity index (χ1v) is 34.0. The molecule has 2 aromatic heterocycles. The number of fused-ring (bicyclic) bond motifs is 3. The lowest BCUT2D eigenvalue weighted by Crippen LogP contribution is -2.49. The van der Waals surface area contributed by atoms with Crippen LogP contribution in [0.1, 0.15) is 173 Å². The Morgan fingerprint density at radius 1 is 0.600 bits per heavy atom. The number of ether oxygens (including phenoxy) is 4. The minimum Gasteiger partial charge on any atom is -0.444 e. The summed E-state index contributed by atoms with van der Waals surface area (Å²) < 4.78 is 22.5. The number of likely N-dealkylation sites (tertiary alicyclic amines) is 1. The largest absolute Gasteiger partial charge is 0.444 e. The molecule has 0 bridgehead atoms. The number of carbonyl (C=O) groups excluding carboxylic acids is 5. The average Bonchev–Trinajstić information content (AvgIpc) is 1.64. The smallest absolute Gasteiger partial charge is 0.410 e. The summed E-state index contributed by atoms with van der Waals surface area (Å²) in [5.74, 6) is -0.324. The Hall–Kier alpha value is -8.39. The third-order valence-corrected chi connectivity index (χ3v) is 20.6. The van der Waals surface area contributed by atoms with Gasteiger partial charge in [0.2, 0.25) is 5.91 Å². The Labute approximate surface area is 557 Å². The van der Waals surface area contributed by atoms with Crippen LogP contribution >= 0.6 is 0 Å². The number of H-pyrrole nitrogens is 2. The molecule has 4 aromatic carbocycles. The van der Waals surface area contributed by atoms with E-state index in [0.29, 0.717) is 80.7 Å². The molecular formula is C76H94N8O11. The summed E-state index contributed by atoms with van der Waals surface area (Å²) in [4.78, 5) is 105. The summed E-state index contributed by atoms with van der Waals surface area (Å²) >= 11 is 0. The maximum atomic E-state index is 14.0. The van der Waals surface area contributed by atoms with Gasteiger partial charge in [0, 0.05) is 153 Å². The highest BCUT2D eigenvalue weighted by molar-refractivity contribution is 6.08. The summed E-state index contributed by atoms with van der Waals surface area (Å²) in [5.41, 5.74) is 14.3. The molecule has 7 heterocycles. The molecule has 0 saturated carbocycles. The van der Waals surface area contributed by atoms with Gasteiger partial charge >= 0.3 is 6.09 Å². The van der Waals surface area contributed by atoms with E-state index >= 15 is 0 Å². The van der Waals surface area contributed by atoms with Crippen molar-refractivity contribution in [1.29, 1.82) is 0 Å². The average molecular weight is 1300 g/mol. The maximum absolute atomic E-state index is 14.0. The monoisotopic (exact) mass is 1290 g/mol. The standard InChI is InChI=1S/C40H51N5O6.C36H43N3O5/c1-8-45(29-11-17-50-18-12-29)34-22-28(20-30(26(34)4)35(46)41-23-31-24(2)19-25(3)42-36(31)47)27-9-10-32-33(21-27)43-37(48)40(32)13-15-44(16-14-40)38(49)51-39(5,6)7;1-5-39(28-8-12-43-13-9-28)32-19-27(25-6-7-26-20-36(10-14-44-15-11-36)33(40)30(26)17-25)18-29(24(32)4)34(41)37-21-31-22(2)16-23(3)38-35(31)42/h9-10,19-22,29H,8,11-18,23H2,1-7H3,(H,41,46)(H,42,47)(H,43,48);6-7,16-19,28H,5,8-15,20-21H2,1-4H3,(H,37,41)(H,38,42). The molecular weight excluding hydrogens is 1200 g/mol. The topological polar surface area (TPSA) is 234 Å². The van der Waals surface area contributed by atoms with Crippen molar-refractivity contribution in [2.24, 2.45) is 5.41 Å². The molecule has 0 unspecified atom stereocenters. The van der Waals surface area contributed by atoms with E-state index in [1.54, 1.807) is 4.90 Å². The third kappa shape index (κ3) is 14.2. The first kappa shape index (κ1) is 68.0. The van der Waals surface area contributed by atoms with Gasteiger partial charge in [0.05, 0.1) is 5.41 Å². The van der Waals surface area contributed by atoms with Crippen LogP contribution in [0.2, 0.25) is 0 Å². The van der Waals surface area contributed by atoms with Gasteiger partial charge < -0.3 is 59.6 Å². The molecule has 19 nitrogen and oxygen atoms in total. The Balaban J connectivity index is 0.000000195. The van der Waals surface area contributed by atoms with Gasteiger partial charge in [-0.1, -0.05) is 24.3 Å². The molecule has 1 aliphatic carbocycles. The number of benzene rings is 4. The number of amides is 4. The van der Waals surface area contributed by atoms with Crippen molar-refractivity contribution < 1.29 is 42.9 Å². The molecule has 4 fully saturated rings. The predicted octanol–water partition coefficient (Wildman–Crippen LogP) is 11.6. The molecule has 0 atom stereocenters. The van der Waals surface area contributed by atoms with Crippen LogP contribution in [0.25, 0.3) is 22.3 Å². The molecule has 2 spiro atoms. The molecule has 504 valence electrons. The number of pyridine rings is 2. The summed E-state index contributed by atoms with van der Waals surface area (Å²) in [5, 5.41) is 9.18. The summed E-state index contributed by atoms with van der Waals surface area (Å²) in [6, 6.07) is 24.8. The quantitative estimate of drug-likeness (QED) is 0.0684. The van der Waals surface area contributed by atoms with Crippen molar-refractivity contribution in [3.63, 3.8) is 0 Å².